The lowest BCUT2D eigenvalue weighted by molar-refractivity contribution is -0.384. The van der Waals surface area contributed by atoms with Gasteiger partial charge in [0.2, 0.25) is 5.82 Å². The number of carbonyl (C=O) groups is 1. The highest BCUT2D eigenvalue weighted by Gasteiger charge is 2.20. The van der Waals surface area contributed by atoms with Crippen LogP contribution in [0.4, 0.5) is 22.0 Å². The van der Waals surface area contributed by atoms with E-state index in [1.807, 2.05) is 0 Å². The smallest absolute Gasteiger partial charge is 0.435 e. The second-order valence-electron chi connectivity index (χ2n) is 7.58. The summed E-state index contributed by atoms with van der Waals surface area (Å²) in [4.78, 5) is 31.3. The molecule has 0 saturated carbocycles. The molecule has 1 aromatic carbocycles. The van der Waals surface area contributed by atoms with Gasteiger partial charge in [-0.3, -0.25) is 10.1 Å². The number of anilines is 2. The molecular weight excluding hydrogens is 404 g/mol. The van der Waals surface area contributed by atoms with Crippen LogP contribution in [0.1, 0.15) is 32.2 Å². The van der Waals surface area contributed by atoms with E-state index in [1.54, 1.807) is 52.1 Å². The lowest BCUT2D eigenvalue weighted by Gasteiger charge is -2.18. The molecule has 0 fully saturated rings. The highest BCUT2D eigenvalue weighted by Crippen LogP contribution is 2.26. The molecule has 0 aliphatic rings. The third-order valence-electron chi connectivity index (χ3n) is 3.95. The maximum Gasteiger partial charge on any atom is 0.435 e. The molecule has 11 heteroatoms. The van der Waals surface area contributed by atoms with Crippen LogP contribution < -0.4 is 10.1 Å². The van der Waals surface area contributed by atoms with E-state index in [0.717, 1.165) is 10.9 Å². The molecule has 3 aromatic rings. The molecule has 0 atom stereocenters. The number of ether oxygens (including phenoxy) is 2. The van der Waals surface area contributed by atoms with Gasteiger partial charge in [0, 0.05) is 18.3 Å². The maximum absolute atomic E-state index is 12.1. The molecule has 0 unspecified atom stereocenters. The normalized spacial score (nSPS) is 11.1. The average molecular weight is 426 g/mol. The van der Waals surface area contributed by atoms with Gasteiger partial charge in [0.25, 0.3) is 0 Å². The molecule has 0 aliphatic heterocycles. The number of benzene rings is 1. The quantitative estimate of drug-likeness (QED) is 0.462. The van der Waals surface area contributed by atoms with Gasteiger partial charge in [0.1, 0.15) is 23.4 Å². The summed E-state index contributed by atoms with van der Waals surface area (Å²) in [5, 5.41) is 18.3. The zero-order valence-corrected chi connectivity index (χ0v) is 17.5. The molecule has 3 rings (SSSR count). The Balaban J connectivity index is 1.80. The second-order valence-corrected chi connectivity index (χ2v) is 7.58. The Bertz CT molecular complexity index is 1090. The Morgan fingerprint density at radius 2 is 1.94 bits per heavy atom. The van der Waals surface area contributed by atoms with Crippen molar-refractivity contribution < 1.29 is 19.2 Å². The summed E-state index contributed by atoms with van der Waals surface area (Å²) in [6, 6.07) is 6.88. The summed E-state index contributed by atoms with van der Waals surface area (Å²) in [6.07, 6.45) is 3.76. The van der Waals surface area contributed by atoms with Gasteiger partial charge in [-0.25, -0.2) is 14.8 Å². The van der Waals surface area contributed by atoms with E-state index in [0.29, 0.717) is 22.8 Å². The third-order valence-corrected chi connectivity index (χ3v) is 3.95. The van der Waals surface area contributed by atoms with Crippen molar-refractivity contribution in [3.05, 3.63) is 64.4 Å². The van der Waals surface area contributed by atoms with Gasteiger partial charge >= 0.3 is 11.8 Å². The number of nitrogens with zero attached hydrogens (tertiary/aromatic N) is 5. The van der Waals surface area contributed by atoms with Crippen molar-refractivity contribution in [2.24, 2.45) is 0 Å². The first kappa shape index (κ1) is 21.7. The highest BCUT2D eigenvalue weighted by atomic mass is 16.6. The van der Waals surface area contributed by atoms with Gasteiger partial charge in [0.05, 0.1) is 18.2 Å². The van der Waals surface area contributed by atoms with Crippen LogP contribution in [-0.4, -0.2) is 43.5 Å². The zero-order chi connectivity index (χ0) is 22.6. The fourth-order valence-electron chi connectivity index (χ4n) is 2.58. The Hall–Kier alpha value is -4.02. The minimum absolute atomic E-state index is 0.0553. The fraction of sp³-hybridized carbons (Fsp3) is 0.300. The number of nitro groups is 1. The van der Waals surface area contributed by atoms with E-state index in [2.05, 4.69) is 20.4 Å². The van der Waals surface area contributed by atoms with Crippen LogP contribution in [0, 0.1) is 10.1 Å². The van der Waals surface area contributed by atoms with Gasteiger partial charge in [-0.1, -0.05) is 0 Å². The van der Waals surface area contributed by atoms with Crippen molar-refractivity contribution in [3.8, 4) is 5.75 Å². The van der Waals surface area contributed by atoms with Gasteiger partial charge < -0.3 is 14.8 Å². The van der Waals surface area contributed by atoms with Gasteiger partial charge in [-0.2, -0.15) is 9.78 Å². The third kappa shape index (κ3) is 5.75. The Kier molecular flexibility index (Phi) is 6.14. The second kappa shape index (κ2) is 8.78. The van der Waals surface area contributed by atoms with Crippen LogP contribution >= 0.6 is 0 Å². The summed E-state index contributed by atoms with van der Waals surface area (Å²) in [7, 11) is 1.55. The van der Waals surface area contributed by atoms with Crippen LogP contribution in [-0.2, 0) is 11.2 Å². The van der Waals surface area contributed by atoms with Gasteiger partial charge in [-0.15, -0.1) is 0 Å². The van der Waals surface area contributed by atoms with Gasteiger partial charge in [0.15, 0.2) is 0 Å². The fourth-order valence-corrected chi connectivity index (χ4v) is 2.58. The minimum Gasteiger partial charge on any atom is -0.497 e. The number of rotatable bonds is 6. The summed E-state index contributed by atoms with van der Waals surface area (Å²) in [5.41, 5.74) is 0.345. The monoisotopic (exact) mass is 426 g/mol. The standard InChI is InChI=1S/C20H22N6O5/c1-20(2,3)31-19(27)25-12-13(10-22-25)9-17-21-11-16(26(28)29)18(24-17)23-14-5-7-15(30-4)8-6-14/h5-8,10-12H,9H2,1-4H3,(H,21,23,24). The summed E-state index contributed by atoms with van der Waals surface area (Å²) in [6.45, 7) is 5.28. The molecule has 0 amide bonds. The Morgan fingerprint density at radius 1 is 1.23 bits per heavy atom. The van der Waals surface area contributed by atoms with Crippen molar-refractivity contribution in [1.29, 1.82) is 0 Å². The maximum atomic E-state index is 12.1. The number of aromatic nitrogens is 4. The first-order valence-corrected chi connectivity index (χ1v) is 9.33. The van der Waals surface area contributed by atoms with E-state index in [4.69, 9.17) is 9.47 Å². The predicted molar refractivity (Wildman–Crippen MR) is 112 cm³/mol. The number of nitrogens with one attached hydrogen (secondary N) is 1. The molecule has 2 heterocycles. The predicted octanol–water partition coefficient (Wildman–Crippen LogP) is 3.71. The average Bonchev–Trinajstić information content (AvgIpc) is 3.16. The molecule has 162 valence electrons. The summed E-state index contributed by atoms with van der Waals surface area (Å²) >= 11 is 0. The molecule has 2 aromatic heterocycles. The molecule has 1 N–H and O–H groups in total. The van der Waals surface area contributed by atoms with E-state index < -0.39 is 16.6 Å². The van der Waals surface area contributed by atoms with E-state index in [1.165, 1.54) is 12.4 Å². The first-order valence-electron chi connectivity index (χ1n) is 9.33. The van der Waals surface area contributed by atoms with Crippen molar-refractivity contribution in [1.82, 2.24) is 19.7 Å². The Labute approximate surface area is 178 Å². The Morgan fingerprint density at radius 3 is 2.55 bits per heavy atom. The van der Waals surface area contributed by atoms with Crippen LogP contribution in [0.25, 0.3) is 0 Å². The van der Waals surface area contributed by atoms with E-state index in [-0.39, 0.29) is 17.9 Å². The first-order chi connectivity index (χ1) is 14.6. The lowest BCUT2D eigenvalue weighted by Crippen LogP contribution is -2.27. The topological polar surface area (TPSA) is 134 Å². The van der Waals surface area contributed by atoms with Crippen LogP contribution in [0.2, 0.25) is 0 Å². The van der Waals surface area contributed by atoms with E-state index in [9.17, 15) is 14.9 Å². The summed E-state index contributed by atoms with van der Waals surface area (Å²) in [5.74, 6) is 1.04. The summed E-state index contributed by atoms with van der Waals surface area (Å²) < 4.78 is 11.5. The molecule has 31 heavy (non-hydrogen) atoms. The van der Waals surface area contributed by atoms with Crippen molar-refractivity contribution in [2.75, 3.05) is 12.4 Å². The minimum atomic E-state index is -0.646. The van der Waals surface area contributed by atoms with Crippen LogP contribution in [0.15, 0.2) is 42.9 Å². The largest absolute Gasteiger partial charge is 0.497 e. The molecule has 0 saturated heterocycles. The van der Waals surface area contributed by atoms with Crippen LogP contribution in [0.5, 0.6) is 5.75 Å². The number of hydrogen-bond donors (Lipinski definition) is 1. The highest BCUT2D eigenvalue weighted by molar-refractivity contribution is 5.70. The molecule has 11 nitrogen and oxygen atoms in total. The molecule has 0 aliphatic carbocycles. The molecule has 0 spiro atoms. The van der Waals surface area contributed by atoms with Crippen molar-refractivity contribution >= 4 is 23.3 Å². The molecule has 0 bridgehead atoms. The van der Waals surface area contributed by atoms with Crippen LogP contribution in [0.3, 0.4) is 0 Å². The van der Waals surface area contributed by atoms with Crippen molar-refractivity contribution in [2.45, 2.75) is 32.8 Å². The zero-order valence-electron chi connectivity index (χ0n) is 17.5. The molecule has 0 radical (unpaired) electrons. The lowest BCUT2D eigenvalue weighted by atomic mass is 10.2. The molecular formula is C20H22N6O5. The SMILES string of the molecule is COc1ccc(Nc2nc(Cc3cnn(C(=O)OC(C)(C)C)c3)ncc2[N+](=O)[O-])cc1. The number of hydrogen-bond acceptors (Lipinski definition) is 9. The van der Waals surface area contributed by atoms with Crippen molar-refractivity contribution in [3.63, 3.8) is 0 Å². The van der Waals surface area contributed by atoms with E-state index >= 15 is 0 Å². The van der Waals surface area contributed by atoms with Gasteiger partial charge in [-0.05, 0) is 50.6 Å². The number of carbonyl (C=O) groups excluding carboxylic acids is 1. The number of methoxy groups -OCH3 is 1.